The Morgan fingerprint density at radius 1 is 0.216 bits per heavy atom. The fourth-order valence-corrected chi connectivity index (χ4v) is 20.6. The topological polar surface area (TPSA) is 32.8 Å². The molecule has 4 heteroatoms. The van der Waals surface area contributed by atoms with Crippen molar-refractivity contribution in [3.63, 3.8) is 0 Å². The molecule has 0 saturated carbocycles. The van der Waals surface area contributed by atoms with Crippen LogP contribution in [0.5, 0.6) is 0 Å². The van der Waals surface area contributed by atoms with Crippen molar-refractivity contribution >= 4 is 78.0 Å². The lowest BCUT2D eigenvalue weighted by atomic mass is 9.70. The fraction of sp³-hybridized carbons (Fsp3) is 0.0357. The highest BCUT2D eigenvalue weighted by molar-refractivity contribution is 6.11. The molecule has 0 atom stereocenters. The van der Waals surface area contributed by atoms with Gasteiger partial charge in [0.15, 0.2) is 0 Å². The normalized spacial score (nSPS) is 13.2. The molecular weight excluding hydrogens is 1410 g/mol. The minimum absolute atomic E-state index is 0.503. The Kier molecular flexibility index (Phi) is 14.5. The minimum Gasteiger partial charge on any atom is -0.455 e. The Morgan fingerprint density at radius 3 is 1.06 bits per heavy atom. The highest BCUT2D eigenvalue weighted by Gasteiger charge is 2.54. The fourth-order valence-electron chi connectivity index (χ4n) is 20.6. The summed E-state index contributed by atoms with van der Waals surface area (Å²) in [5.41, 5.74) is 42.4. The van der Waals surface area contributed by atoms with E-state index in [0.29, 0.717) is 0 Å². The molecule has 0 bridgehead atoms. The van der Waals surface area contributed by atoms with Gasteiger partial charge >= 0.3 is 0 Å². The predicted octanol–water partition coefficient (Wildman–Crippen LogP) is 29.7. The zero-order valence-electron chi connectivity index (χ0n) is 63.6. The third-order valence-corrected chi connectivity index (χ3v) is 25.6. The molecule has 116 heavy (non-hydrogen) atoms. The van der Waals surface area contributed by atoms with Crippen molar-refractivity contribution in [1.82, 2.24) is 0 Å². The van der Waals surface area contributed by atoms with Crippen molar-refractivity contribution in [3.8, 4) is 89.0 Å². The van der Waals surface area contributed by atoms with Crippen LogP contribution in [0.4, 0.5) is 34.1 Å². The molecule has 24 rings (SSSR count). The number of aryl methyl sites for hydroxylation is 1. The van der Waals surface area contributed by atoms with Crippen molar-refractivity contribution in [3.05, 3.63) is 468 Å². The molecule has 2 spiro atoms. The lowest BCUT2D eigenvalue weighted by Gasteiger charge is -2.33. The maximum absolute atomic E-state index is 6.62. The van der Waals surface area contributed by atoms with Gasteiger partial charge in [0.25, 0.3) is 0 Å². The van der Waals surface area contributed by atoms with Crippen LogP contribution in [0, 0.1) is 6.92 Å². The second-order valence-electron chi connectivity index (χ2n) is 31.7. The molecule has 4 aliphatic carbocycles. The van der Waals surface area contributed by atoms with E-state index in [2.05, 4.69) is 411 Å². The monoisotopic (exact) mass is 1480 g/mol. The Labute approximate surface area is 673 Å². The van der Waals surface area contributed by atoms with Crippen LogP contribution in [-0.2, 0) is 17.3 Å². The standard InChI is InChI=1S/C112H72N2O2/c1-70-41-61-90-92-63-59-81(68-104(92)111(102(90)65-70)98-34-12-5-24-86(98)87-25-6-13-35-99(87)111)113(79-55-49-76(50-56-79)84-30-19-32-96-94-28-10-17-39-107(94)115-109(84)96)78-53-47-74(48-54-78)73-45-42-71(43-46-73)66-72-44-62-91-93-64-60-82(69-105(93)112(103(91)67-72)100-36-14-7-26-88(100)89-27-8-15-37-101(89)112)114(106-38-16-9-23-83(106)75-21-3-2-4-22-75)80-57-51-77(52-58-80)85-31-20-33-97-95-29-11-18-40-108(95)116-110(85)97/h2-65,67-69H,66H2,1H3. The molecule has 18 aromatic carbocycles. The molecule has 0 saturated heterocycles. The average molecular weight is 1480 g/mol. The molecule has 0 unspecified atom stereocenters. The zero-order chi connectivity index (χ0) is 76.3. The van der Waals surface area contributed by atoms with Gasteiger partial charge in [-0.2, -0.15) is 0 Å². The number of fused-ring (bicyclic) bond motifs is 26. The zero-order valence-corrected chi connectivity index (χ0v) is 63.6. The molecule has 0 radical (unpaired) electrons. The highest BCUT2D eigenvalue weighted by atomic mass is 16.3. The van der Waals surface area contributed by atoms with E-state index in [4.69, 9.17) is 8.83 Å². The quantitative estimate of drug-likeness (QED) is 0.122. The van der Waals surface area contributed by atoms with Gasteiger partial charge in [0.1, 0.15) is 22.3 Å². The molecule has 4 aliphatic rings. The Hall–Kier alpha value is -14.8. The van der Waals surface area contributed by atoms with Crippen LogP contribution in [0.2, 0.25) is 0 Å². The van der Waals surface area contributed by atoms with Crippen molar-refractivity contribution < 1.29 is 8.83 Å². The molecule has 0 amide bonds. The number of anilines is 6. The number of nitrogens with zero attached hydrogens (tertiary/aromatic N) is 2. The second kappa shape index (κ2) is 25.6. The summed E-state index contributed by atoms with van der Waals surface area (Å²) in [6.45, 7) is 2.23. The Bertz CT molecular complexity index is 7340. The highest BCUT2D eigenvalue weighted by Crippen LogP contribution is 2.66. The summed E-state index contributed by atoms with van der Waals surface area (Å²) in [6, 6.07) is 151. The maximum Gasteiger partial charge on any atom is 0.143 e. The van der Waals surface area contributed by atoms with Gasteiger partial charge in [0, 0.05) is 66.7 Å². The SMILES string of the molecule is Cc1ccc2c(c1)C1(c3ccccc3-c3ccccc31)c1cc(N(c3ccc(-c4ccc(Cc5ccc6c(c5)C5(c7ccccc7-c7ccccc75)c5cc(N(c7ccc(-c8cccc9c8oc8ccccc89)cc7)c7ccccc7-c7ccccc7)ccc5-6)cc4)cc3)c3ccc(-c4cccc5c4oc4ccccc45)cc3)ccc1-2. The van der Waals surface area contributed by atoms with Crippen LogP contribution in [0.3, 0.4) is 0 Å². The molecule has 0 fully saturated rings. The van der Waals surface area contributed by atoms with Gasteiger partial charge in [-0.3, -0.25) is 0 Å². The lowest BCUT2D eigenvalue weighted by molar-refractivity contribution is 0.669. The number of hydrogen-bond acceptors (Lipinski definition) is 4. The van der Waals surface area contributed by atoms with Crippen LogP contribution in [0.15, 0.2) is 415 Å². The van der Waals surface area contributed by atoms with Crippen molar-refractivity contribution in [2.45, 2.75) is 24.2 Å². The molecule has 2 heterocycles. The number of para-hydroxylation sites is 5. The summed E-state index contributed by atoms with van der Waals surface area (Å²) >= 11 is 0. The van der Waals surface area contributed by atoms with Gasteiger partial charge < -0.3 is 18.6 Å². The van der Waals surface area contributed by atoms with E-state index < -0.39 is 10.8 Å². The second-order valence-corrected chi connectivity index (χ2v) is 31.7. The van der Waals surface area contributed by atoms with Gasteiger partial charge in [-0.05, 0) is 220 Å². The van der Waals surface area contributed by atoms with E-state index in [1.165, 1.54) is 106 Å². The summed E-state index contributed by atoms with van der Waals surface area (Å²) in [6.07, 6.45) is 0.767. The summed E-state index contributed by atoms with van der Waals surface area (Å²) in [5.74, 6) is 0. The van der Waals surface area contributed by atoms with E-state index in [1.54, 1.807) is 0 Å². The summed E-state index contributed by atoms with van der Waals surface area (Å²) in [7, 11) is 0. The Balaban J connectivity index is 0.587. The first kappa shape index (κ1) is 65.8. The summed E-state index contributed by atoms with van der Waals surface area (Å²) in [5, 5.41) is 4.48. The molecule has 2 aromatic heterocycles. The van der Waals surface area contributed by atoms with E-state index >= 15 is 0 Å². The van der Waals surface area contributed by atoms with Crippen molar-refractivity contribution in [2.24, 2.45) is 0 Å². The predicted molar refractivity (Wildman–Crippen MR) is 479 cm³/mol. The third kappa shape index (κ3) is 9.68. The van der Waals surface area contributed by atoms with Crippen molar-refractivity contribution in [2.75, 3.05) is 9.80 Å². The number of benzene rings is 18. The maximum atomic E-state index is 6.62. The summed E-state index contributed by atoms with van der Waals surface area (Å²) in [4.78, 5) is 4.92. The van der Waals surface area contributed by atoms with E-state index in [-0.39, 0.29) is 0 Å². The minimum atomic E-state index is -0.605. The van der Waals surface area contributed by atoms with Crippen LogP contribution >= 0.6 is 0 Å². The van der Waals surface area contributed by atoms with E-state index in [0.717, 1.165) is 129 Å². The number of furan rings is 2. The number of rotatable bonds is 12. The summed E-state index contributed by atoms with van der Waals surface area (Å²) < 4.78 is 13.2. The van der Waals surface area contributed by atoms with Gasteiger partial charge in [0.05, 0.1) is 16.5 Å². The lowest BCUT2D eigenvalue weighted by Crippen LogP contribution is -2.26. The first-order chi connectivity index (χ1) is 57.4. The van der Waals surface area contributed by atoms with Crippen LogP contribution in [0.1, 0.15) is 61.2 Å². The first-order valence-corrected chi connectivity index (χ1v) is 40.3. The van der Waals surface area contributed by atoms with Crippen LogP contribution in [-0.4, -0.2) is 0 Å². The molecule has 542 valence electrons. The Morgan fingerprint density at radius 2 is 0.552 bits per heavy atom. The van der Waals surface area contributed by atoms with Crippen LogP contribution in [0.25, 0.3) is 133 Å². The smallest absolute Gasteiger partial charge is 0.143 e. The van der Waals surface area contributed by atoms with Crippen LogP contribution < -0.4 is 9.80 Å². The number of hydrogen-bond donors (Lipinski definition) is 0. The van der Waals surface area contributed by atoms with Gasteiger partial charge in [-0.25, -0.2) is 0 Å². The molecule has 0 aliphatic heterocycles. The first-order valence-electron chi connectivity index (χ1n) is 40.3. The molecular formula is C112H72N2O2. The largest absolute Gasteiger partial charge is 0.455 e. The average Bonchev–Trinajstić information content (AvgIpc) is 1.51. The molecule has 0 N–H and O–H groups in total. The third-order valence-electron chi connectivity index (χ3n) is 25.6. The van der Waals surface area contributed by atoms with Gasteiger partial charge in [-0.15, -0.1) is 0 Å². The van der Waals surface area contributed by atoms with E-state index in [9.17, 15) is 0 Å². The molecule has 4 nitrogen and oxygen atoms in total. The van der Waals surface area contributed by atoms with Gasteiger partial charge in [0.2, 0.25) is 0 Å². The molecule has 20 aromatic rings. The van der Waals surface area contributed by atoms with E-state index in [1.807, 2.05) is 12.1 Å². The van der Waals surface area contributed by atoms with Crippen molar-refractivity contribution in [1.29, 1.82) is 0 Å². The van der Waals surface area contributed by atoms with Gasteiger partial charge in [-0.1, -0.05) is 333 Å².